The smallest absolute Gasteiger partial charge is 0.324 e. The molecule has 1 aromatic rings. The van der Waals surface area contributed by atoms with Crippen molar-refractivity contribution in [2.45, 2.75) is 58.5 Å². The van der Waals surface area contributed by atoms with Crippen LogP contribution in [0.2, 0.25) is 0 Å². The number of nitrogens with one attached hydrogen (secondary N) is 1. The van der Waals surface area contributed by atoms with Crippen molar-refractivity contribution in [2.75, 3.05) is 13.7 Å². The van der Waals surface area contributed by atoms with Gasteiger partial charge in [0.2, 0.25) is 0 Å². The second kappa shape index (κ2) is 6.88. The Hall–Kier alpha value is -1.36. The van der Waals surface area contributed by atoms with Crippen LogP contribution in [0.5, 0.6) is 0 Å². The highest BCUT2D eigenvalue weighted by atomic mass is 16.5. The van der Waals surface area contributed by atoms with E-state index >= 15 is 0 Å². The Kier molecular flexibility index (Phi) is 5.17. The van der Waals surface area contributed by atoms with E-state index in [2.05, 4.69) is 21.8 Å². The zero-order valence-corrected chi connectivity index (χ0v) is 12.7. The van der Waals surface area contributed by atoms with E-state index in [9.17, 15) is 4.79 Å². The van der Waals surface area contributed by atoms with Gasteiger partial charge in [0, 0.05) is 5.69 Å². The molecule has 0 aromatic carbocycles. The van der Waals surface area contributed by atoms with Crippen molar-refractivity contribution in [1.29, 1.82) is 0 Å². The minimum absolute atomic E-state index is 0.198. The lowest BCUT2D eigenvalue weighted by Gasteiger charge is -2.20. The second-order valence-electron chi connectivity index (χ2n) is 5.40. The Labute approximate surface area is 120 Å². The van der Waals surface area contributed by atoms with Gasteiger partial charge in [-0.05, 0) is 45.6 Å². The topological polar surface area (TPSA) is 56.2 Å². The summed E-state index contributed by atoms with van der Waals surface area (Å²) in [4.78, 5) is 16.6. The van der Waals surface area contributed by atoms with E-state index in [-0.39, 0.29) is 12.0 Å². The van der Waals surface area contributed by atoms with Gasteiger partial charge in [0.1, 0.15) is 11.9 Å². The molecule has 0 amide bonds. The summed E-state index contributed by atoms with van der Waals surface area (Å²) in [5.74, 6) is 0.806. The van der Waals surface area contributed by atoms with Crippen LogP contribution in [0.4, 0.5) is 0 Å². The fourth-order valence-corrected chi connectivity index (χ4v) is 2.84. The number of carbonyl (C=O) groups is 1. The largest absolute Gasteiger partial charge is 0.468 e. The normalized spacial score (nSPS) is 15.8. The number of esters is 1. The summed E-state index contributed by atoms with van der Waals surface area (Å²) >= 11 is 0. The van der Waals surface area contributed by atoms with Crippen molar-refractivity contribution in [3.63, 3.8) is 0 Å². The first-order chi connectivity index (χ1) is 9.67. The minimum atomic E-state index is -0.293. The van der Waals surface area contributed by atoms with Crippen molar-refractivity contribution in [3.8, 4) is 0 Å². The van der Waals surface area contributed by atoms with E-state index in [0.29, 0.717) is 6.54 Å². The van der Waals surface area contributed by atoms with Crippen molar-refractivity contribution in [1.82, 2.24) is 14.9 Å². The van der Waals surface area contributed by atoms with Crippen LogP contribution in [-0.4, -0.2) is 35.2 Å². The Balaban J connectivity index is 2.17. The van der Waals surface area contributed by atoms with Gasteiger partial charge in [-0.3, -0.25) is 4.79 Å². The number of ether oxygens (including phenoxy) is 1. The Morgan fingerprint density at radius 3 is 2.90 bits per heavy atom. The van der Waals surface area contributed by atoms with Crippen molar-refractivity contribution >= 4 is 5.97 Å². The van der Waals surface area contributed by atoms with E-state index < -0.39 is 0 Å². The molecule has 5 nitrogen and oxygen atoms in total. The number of methoxy groups -OCH3 is 1. The number of carbonyl (C=O) groups excluding carboxylic acids is 1. The molecule has 1 heterocycles. The maximum atomic E-state index is 11.9. The van der Waals surface area contributed by atoms with Gasteiger partial charge in [0.15, 0.2) is 0 Å². The van der Waals surface area contributed by atoms with Gasteiger partial charge in [0.25, 0.3) is 0 Å². The number of hydrogen-bond donors (Lipinski definition) is 1. The van der Waals surface area contributed by atoms with Crippen LogP contribution in [0, 0.1) is 6.92 Å². The number of aryl methyl sites for hydroxylation is 2. The Morgan fingerprint density at radius 2 is 2.20 bits per heavy atom. The minimum Gasteiger partial charge on any atom is -0.468 e. The van der Waals surface area contributed by atoms with Crippen LogP contribution in [0.25, 0.3) is 0 Å². The molecule has 0 spiro atoms. The van der Waals surface area contributed by atoms with Crippen molar-refractivity contribution in [3.05, 3.63) is 17.2 Å². The molecule has 0 fully saturated rings. The Morgan fingerprint density at radius 1 is 1.45 bits per heavy atom. The Bertz CT molecular complexity index is 468. The lowest BCUT2D eigenvalue weighted by molar-refractivity contribution is -0.143. The highest BCUT2D eigenvalue weighted by Crippen LogP contribution is 2.22. The van der Waals surface area contributed by atoms with Gasteiger partial charge < -0.3 is 14.6 Å². The summed E-state index contributed by atoms with van der Waals surface area (Å²) in [6.07, 6.45) is 5.56. The standard InChI is InChI=1S/C15H25N3O2/c1-4-9-16-13(15(19)20-3)10-18-11(2)17-12-7-5-6-8-14(12)18/h13,16H,4-10H2,1-3H3. The molecule has 2 rings (SSSR count). The van der Waals surface area contributed by atoms with Gasteiger partial charge in [-0.2, -0.15) is 0 Å². The number of rotatable bonds is 6. The van der Waals surface area contributed by atoms with Gasteiger partial charge in [-0.1, -0.05) is 6.92 Å². The molecular weight excluding hydrogens is 254 g/mol. The van der Waals surface area contributed by atoms with E-state index in [0.717, 1.165) is 31.6 Å². The molecule has 0 aliphatic heterocycles. The maximum absolute atomic E-state index is 11.9. The van der Waals surface area contributed by atoms with Gasteiger partial charge in [0.05, 0.1) is 19.3 Å². The molecule has 1 atom stereocenters. The summed E-state index contributed by atoms with van der Waals surface area (Å²) < 4.78 is 7.10. The monoisotopic (exact) mass is 279 g/mol. The van der Waals surface area contributed by atoms with Crippen LogP contribution in [0.3, 0.4) is 0 Å². The molecule has 1 N–H and O–H groups in total. The molecule has 1 aliphatic rings. The summed E-state index contributed by atoms with van der Waals surface area (Å²) in [7, 11) is 1.44. The summed E-state index contributed by atoms with van der Waals surface area (Å²) in [5, 5.41) is 3.27. The van der Waals surface area contributed by atoms with Crippen LogP contribution in [-0.2, 0) is 28.9 Å². The highest BCUT2D eigenvalue weighted by Gasteiger charge is 2.24. The highest BCUT2D eigenvalue weighted by molar-refractivity contribution is 5.75. The molecule has 1 aliphatic carbocycles. The quantitative estimate of drug-likeness (QED) is 0.804. The average Bonchev–Trinajstić information content (AvgIpc) is 2.78. The summed E-state index contributed by atoms with van der Waals surface area (Å²) in [5.41, 5.74) is 2.52. The molecule has 1 aromatic heterocycles. The maximum Gasteiger partial charge on any atom is 0.324 e. The molecule has 0 saturated heterocycles. The first kappa shape index (κ1) is 15.0. The lowest BCUT2D eigenvalue weighted by atomic mass is 10.0. The van der Waals surface area contributed by atoms with E-state index in [1.54, 1.807) is 0 Å². The summed E-state index contributed by atoms with van der Waals surface area (Å²) in [6.45, 7) is 5.54. The summed E-state index contributed by atoms with van der Waals surface area (Å²) in [6, 6.07) is -0.293. The molecule has 5 heteroatoms. The van der Waals surface area contributed by atoms with Gasteiger partial charge in [-0.15, -0.1) is 0 Å². The second-order valence-corrected chi connectivity index (χ2v) is 5.40. The third kappa shape index (κ3) is 3.20. The molecule has 112 valence electrons. The molecule has 1 unspecified atom stereocenters. The third-order valence-corrected chi connectivity index (χ3v) is 3.92. The molecule has 20 heavy (non-hydrogen) atoms. The number of nitrogens with zero attached hydrogens (tertiary/aromatic N) is 2. The van der Waals surface area contributed by atoms with Crippen molar-refractivity contribution in [2.24, 2.45) is 0 Å². The van der Waals surface area contributed by atoms with E-state index in [1.165, 1.54) is 31.3 Å². The third-order valence-electron chi connectivity index (χ3n) is 3.92. The fourth-order valence-electron chi connectivity index (χ4n) is 2.84. The first-order valence-corrected chi connectivity index (χ1v) is 7.53. The van der Waals surface area contributed by atoms with Gasteiger partial charge >= 0.3 is 5.97 Å². The number of hydrogen-bond acceptors (Lipinski definition) is 4. The van der Waals surface area contributed by atoms with E-state index in [1.807, 2.05) is 6.92 Å². The van der Waals surface area contributed by atoms with Crippen LogP contribution in [0.1, 0.15) is 43.4 Å². The van der Waals surface area contributed by atoms with Crippen LogP contribution >= 0.6 is 0 Å². The zero-order valence-electron chi connectivity index (χ0n) is 12.7. The number of fused-ring (bicyclic) bond motifs is 1. The predicted molar refractivity (Wildman–Crippen MR) is 77.7 cm³/mol. The lowest BCUT2D eigenvalue weighted by Crippen LogP contribution is -2.42. The first-order valence-electron chi connectivity index (χ1n) is 7.53. The SMILES string of the molecule is CCCNC(Cn1c(C)nc2c1CCCC2)C(=O)OC. The van der Waals surface area contributed by atoms with Crippen molar-refractivity contribution < 1.29 is 9.53 Å². The molecule has 0 bridgehead atoms. The van der Waals surface area contributed by atoms with Crippen LogP contribution in [0.15, 0.2) is 0 Å². The predicted octanol–water partition coefficient (Wildman–Crippen LogP) is 1.61. The fraction of sp³-hybridized carbons (Fsp3) is 0.733. The van der Waals surface area contributed by atoms with Crippen LogP contribution < -0.4 is 5.32 Å². The molecule has 0 radical (unpaired) electrons. The molecular formula is C15H25N3O2. The number of imidazole rings is 1. The van der Waals surface area contributed by atoms with E-state index in [4.69, 9.17) is 4.74 Å². The van der Waals surface area contributed by atoms with Gasteiger partial charge in [-0.25, -0.2) is 4.98 Å². The average molecular weight is 279 g/mol. The zero-order chi connectivity index (χ0) is 14.5. The number of aromatic nitrogens is 2. The molecule has 0 saturated carbocycles.